The Morgan fingerprint density at radius 3 is 1.48 bits per heavy atom. The molecule has 3 N–H and O–H groups in total. The lowest BCUT2D eigenvalue weighted by atomic mass is 10.0. The number of rotatable bonds is 43. The summed E-state index contributed by atoms with van der Waals surface area (Å²) in [6.45, 7) is 6.40. The molecule has 6 nitrogen and oxygen atoms in total. The molecule has 0 aromatic carbocycles. The molecule has 0 saturated carbocycles. The van der Waals surface area contributed by atoms with E-state index in [2.05, 4.69) is 62.5 Å². The number of carbonyl (C=O) groups excluding carboxylic acids is 2. The molecule has 0 aromatic heterocycles. The van der Waals surface area contributed by atoms with Crippen molar-refractivity contribution in [2.24, 2.45) is 0 Å². The highest BCUT2D eigenvalue weighted by molar-refractivity contribution is 5.77. The van der Waals surface area contributed by atoms with Gasteiger partial charge in [-0.15, -0.1) is 0 Å². The second kappa shape index (κ2) is 44.2. The first-order chi connectivity index (χ1) is 27.5. The third-order valence-electron chi connectivity index (χ3n) is 11.0. The van der Waals surface area contributed by atoms with Gasteiger partial charge in [0.15, 0.2) is 0 Å². The van der Waals surface area contributed by atoms with Crippen LogP contribution in [0.1, 0.15) is 245 Å². The van der Waals surface area contributed by atoms with Gasteiger partial charge in [0, 0.05) is 6.42 Å². The van der Waals surface area contributed by atoms with Gasteiger partial charge in [0.25, 0.3) is 0 Å². The van der Waals surface area contributed by atoms with Gasteiger partial charge in [-0.05, 0) is 70.6 Å². The van der Waals surface area contributed by atoms with Gasteiger partial charge in [-0.2, -0.15) is 0 Å². The predicted molar refractivity (Wildman–Crippen MR) is 241 cm³/mol. The number of aliphatic hydroxyl groups excluding tert-OH is 2. The minimum Gasteiger partial charge on any atom is -0.462 e. The Morgan fingerprint density at radius 2 is 0.929 bits per heavy atom. The van der Waals surface area contributed by atoms with Crippen molar-refractivity contribution in [2.75, 3.05) is 6.61 Å². The predicted octanol–water partition coefficient (Wildman–Crippen LogP) is 14.1. The standard InChI is InChI=1S/C50H93NO5/c1-4-7-10-13-16-19-21-23-24-26-28-31-34-37-40-43-50(55)56-46(41-38-35-32-29-18-15-12-9-6-3)44-49(54)51-47(45-52)48(53)42-39-36-33-30-27-25-22-20-17-14-11-8-5-2/h15-16,18-19,21,23,46-48,52-53H,4-14,17,20,22,24-45H2,1-3H3,(H,51,54)/b18-15-,19-16+,23-21+. The van der Waals surface area contributed by atoms with Crippen molar-refractivity contribution >= 4 is 11.9 Å². The van der Waals surface area contributed by atoms with E-state index in [0.717, 1.165) is 77.0 Å². The number of amides is 1. The lowest BCUT2D eigenvalue weighted by molar-refractivity contribution is -0.151. The van der Waals surface area contributed by atoms with Crippen LogP contribution in [0.5, 0.6) is 0 Å². The van der Waals surface area contributed by atoms with E-state index in [9.17, 15) is 19.8 Å². The number of aliphatic hydroxyl groups is 2. The largest absolute Gasteiger partial charge is 0.462 e. The Morgan fingerprint density at radius 1 is 0.518 bits per heavy atom. The lowest BCUT2D eigenvalue weighted by Crippen LogP contribution is -2.46. The molecule has 6 heteroatoms. The molecule has 0 aromatic rings. The summed E-state index contributed by atoms with van der Waals surface area (Å²) in [5, 5.41) is 23.7. The van der Waals surface area contributed by atoms with Gasteiger partial charge in [0.05, 0.1) is 25.2 Å². The van der Waals surface area contributed by atoms with Gasteiger partial charge in [0.2, 0.25) is 5.91 Å². The van der Waals surface area contributed by atoms with Crippen molar-refractivity contribution in [1.82, 2.24) is 5.32 Å². The van der Waals surface area contributed by atoms with Crippen LogP contribution in [0.4, 0.5) is 0 Å². The highest BCUT2D eigenvalue weighted by Gasteiger charge is 2.24. The van der Waals surface area contributed by atoms with E-state index in [1.165, 1.54) is 122 Å². The Kier molecular flexibility index (Phi) is 42.7. The average Bonchev–Trinajstić information content (AvgIpc) is 3.19. The van der Waals surface area contributed by atoms with Crippen LogP contribution in [0.3, 0.4) is 0 Å². The van der Waals surface area contributed by atoms with Crippen LogP contribution in [-0.2, 0) is 14.3 Å². The number of allylic oxidation sites excluding steroid dienone is 6. The molecule has 3 atom stereocenters. The topological polar surface area (TPSA) is 95.9 Å². The average molecular weight is 788 g/mol. The lowest BCUT2D eigenvalue weighted by Gasteiger charge is -2.24. The maximum absolute atomic E-state index is 13.1. The second-order valence-corrected chi connectivity index (χ2v) is 16.5. The highest BCUT2D eigenvalue weighted by Crippen LogP contribution is 2.17. The van der Waals surface area contributed by atoms with Crippen LogP contribution >= 0.6 is 0 Å². The summed E-state index contributed by atoms with van der Waals surface area (Å²) in [7, 11) is 0. The number of hydrogen-bond acceptors (Lipinski definition) is 5. The van der Waals surface area contributed by atoms with Crippen LogP contribution in [-0.4, -0.2) is 46.9 Å². The van der Waals surface area contributed by atoms with Crippen molar-refractivity contribution in [3.05, 3.63) is 36.5 Å². The van der Waals surface area contributed by atoms with Crippen molar-refractivity contribution in [2.45, 2.75) is 264 Å². The summed E-state index contributed by atoms with van der Waals surface area (Å²) in [4.78, 5) is 26.0. The van der Waals surface area contributed by atoms with Gasteiger partial charge >= 0.3 is 5.97 Å². The first-order valence-corrected chi connectivity index (χ1v) is 24.2. The Hall–Kier alpha value is -1.92. The quantitative estimate of drug-likeness (QED) is 0.0247. The van der Waals surface area contributed by atoms with Crippen molar-refractivity contribution in [3.63, 3.8) is 0 Å². The highest BCUT2D eigenvalue weighted by atomic mass is 16.5. The van der Waals surface area contributed by atoms with Crippen molar-refractivity contribution in [3.8, 4) is 0 Å². The summed E-state index contributed by atoms with van der Waals surface area (Å²) in [6.07, 6.45) is 50.6. The second-order valence-electron chi connectivity index (χ2n) is 16.5. The molecule has 0 saturated heterocycles. The molecule has 0 fully saturated rings. The molecular formula is C50H93NO5. The van der Waals surface area contributed by atoms with Gasteiger partial charge < -0.3 is 20.3 Å². The van der Waals surface area contributed by atoms with E-state index in [1.807, 2.05) is 0 Å². The molecule has 0 aliphatic carbocycles. The fourth-order valence-corrected chi connectivity index (χ4v) is 7.22. The van der Waals surface area contributed by atoms with E-state index in [0.29, 0.717) is 19.3 Å². The fourth-order valence-electron chi connectivity index (χ4n) is 7.22. The van der Waals surface area contributed by atoms with E-state index in [4.69, 9.17) is 4.74 Å². The molecular weight excluding hydrogens is 695 g/mol. The van der Waals surface area contributed by atoms with Crippen LogP contribution in [0.2, 0.25) is 0 Å². The Bertz CT molecular complexity index is 930. The zero-order valence-corrected chi connectivity index (χ0v) is 37.3. The third-order valence-corrected chi connectivity index (χ3v) is 11.0. The molecule has 0 rings (SSSR count). The van der Waals surface area contributed by atoms with Crippen LogP contribution < -0.4 is 5.32 Å². The molecule has 0 heterocycles. The minimum atomic E-state index is -0.790. The van der Waals surface area contributed by atoms with Crippen molar-refractivity contribution < 1.29 is 24.5 Å². The van der Waals surface area contributed by atoms with E-state index in [-0.39, 0.29) is 24.9 Å². The molecule has 0 aliphatic heterocycles. The summed E-state index contributed by atoms with van der Waals surface area (Å²) in [5.74, 6) is -0.501. The molecule has 328 valence electrons. The van der Waals surface area contributed by atoms with Crippen LogP contribution in [0.25, 0.3) is 0 Å². The number of esters is 1. The number of nitrogens with one attached hydrogen (secondary N) is 1. The number of carbonyl (C=O) groups is 2. The first-order valence-electron chi connectivity index (χ1n) is 24.2. The van der Waals surface area contributed by atoms with Gasteiger partial charge in [-0.25, -0.2) is 0 Å². The summed E-state index contributed by atoms with van der Waals surface area (Å²) < 4.78 is 5.89. The Balaban J connectivity index is 4.51. The molecule has 0 spiro atoms. The molecule has 0 aliphatic rings. The number of hydrogen-bond donors (Lipinski definition) is 3. The van der Waals surface area contributed by atoms with Crippen LogP contribution in [0, 0.1) is 0 Å². The SMILES string of the molecule is CCCC/C=C\CCCCCC(CC(=O)NC(CO)C(O)CCCCCCCCCCCCCCC)OC(=O)CCCCCCCC/C=C/C=C/CCCCC. The third kappa shape index (κ3) is 38.9. The monoisotopic (exact) mass is 788 g/mol. The smallest absolute Gasteiger partial charge is 0.306 e. The minimum absolute atomic E-state index is 0.0632. The van der Waals surface area contributed by atoms with E-state index < -0.39 is 18.2 Å². The maximum atomic E-state index is 13.1. The normalized spacial score (nSPS) is 13.6. The maximum Gasteiger partial charge on any atom is 0.306 e. The summed E-state index contributed by atoms with van der Waals surface area (Å²) in [5.41, 5.74) is 0. The molecule has 1 amide bonds. The zero-order valence-electron chi connectivity index (χ0n) is 37.3. The fraction of sp³-hybridized carbons (Fsp3) is 0.840. The molecule has 3 unspecified atom stereocenters. The zero-order chi connectivity index (χ0) is 41.0. The van der Waals surface area contributed by atoms with Crippen molar-refractivity contribution in [1.29, 1.82) is 0 Å². The van der Waals surface area contributed by atoms with Gasteiger partial charge in [0.1, 0.15) is 6.10 Å². The van der Waals surface area contributed by atoms with Gasteiger partial charge in [-0.3, -0.25) is 9.59 Å². The van der Waals surface area contributed by atoms with Gasteiger partial charge in [-0.1, -0.05) is 198 Å². The number of unbranched alkanes of at least 4 members (excludes halogenated alkanes) is 26. The number of ether oxygens (including phenoxy) is 1. The molecule has 0 bridgehead atoms. The summed E-state index contributed by atoms with van der Waals surface area (Å²) >= 11 is 0. The molecule has 56 heavy (non-hydrogen) atoms. The van der Waals surface area contributed by atoms with E-state index >= 15 is 0 Å². The van der Waals surface area contributed by atoms with Crippen LogP contribution in [0.15, 0.2) is 36.5 Å². The molecule has 0 radical (unpaired) electrons. The first kappa shape index (κ1) is 54.1. The summed E-state index contributed by atoms with van der Waals surface area (Å²) in [6, 6.07) is -0.705. The van der Waals surface area contributed by atoms with E-state index in [1.54, 1.807) is 0 Å². The Labute approximate surface area is 347 Å².